The van der Waals surface area contributed by atoms with Gasteiger partial charge in [-0.05, 0) is 86.7 Å². The smallest absolute Gasteiger partial charge is 0.338 e. The third-order valence-electron chi connectivity index (χ3n) is 6.02. The van der Waals surface area contributed by atoms with E-state index in [9.17, 15) is 23.6 Å². The number of rotatable bonds is 10. The van der Waals surface area contributed by atoms with Crippen LogP contribution in [-0.4, -0.2) is 53.1 Å². The molecule has 0 spiro atoms. The quantitative estimate of drug-likeness (QED) is 0.273. The molecule has 12 heteroatoms. The molecule has 3 amide bonds. The third-order valence-corrected chi connectivity index (χ3v) is 6.40. The Labute approximate surface area is 241 Å². The van der Waals surface area contributed by atoms with Gasteiger partial charge >= 0.3 is 5.97 Å². The molecule has 212 valence electrons. The molecule has 3 aromatic carbocycles. The van der Waals surface area contributed by atoms with E-state index in [1.54, 1.807) is 31.2 Å². The standard InChI is InChI=1S/C29H27FN4O6S/c1-3-39-21-15-11-19(12-16-21)31-25(35)17-24-27(37)33(20-13-9-18(10-14-20)28(38)40-4-2)29(41)34(24)32-26(36)22-7-5-6-8-23(22)30/h5-16,24H,3-4,17H2,1-2H3,(H,31,35)(H,32,36). The summed E-state index contributed by atoms with van der Waals surface area (Å²) >= 11 is 5.53. The highest BCUT2D eigenvalue weighted by molar-refractivity contribution is 7.80. The molecule has 1 atom stereocenters. The fraction of sp³-hybridized carbons (Fsp3) is 0.207. The number of anilines is 2. The first kappa shape index (κ1) is 29.2. The molecule has 10 nitrogen and oxygen atoms in total. The molecule has 0 aromatic heterocycles. The summed E-state index contributed by atoms with van der Waals surface area (Å²) in [5.41, 5.74) is 3.26. The highest BCUT2D eigenvalue weighted by Crippen LogP contribution is 2.27. The molecule has 2 N–H and O–H groups in total. The Bertz CT molecular complexity index is 1460. The molecule has 1 saturated heterocycles. The van der Waals surface area contributed by atoms with Crippen LogP contribution < -0.4 is 20.4 Å². The molecule has 0 saturated carbocycles. The summed E-state index contributed by atoms with van der Waals surface area (Å²) in [7, 11) is 0. The lowest BCUT2D eigenvalue weighted by Gasteiger charge is -2.24. The summed E-state index contributed by atoms with van der Waals surface area (Å²) in [6, 6.07) is 16.7. The molecule has 1 fully saturated rings. The van der Waals surface area contributed by atoms with Crippen LogP contribution in [0.3, 0.4) is 0 Å². The second-order valence-electron chi connectivity index (χ2n) is 8.74. The van der Waals surface area contributed by atoms with Crippen LogP contribution in [0.1, 0.15) is 41.0 Å². The topological polar surface area (TPSA) is 117 Å². The van der Waals surface area contributed by atoms with Crippen LogP contribution in [0.4, 0.5) is 15.8 Å². The van der Waals surface area contributed by atoms with Crippen LogP contribution in [0.5, 0.6) is 5.75 Å². The monoisotopic (exact) mass is 578 g/mol. The van der Waals surface area contributed by atoms with Crippen molar-refractivity contribution in [3.63, 3.8) is 0 Å². The maximum Gasteiger partial charge on any atom is 0.338 e. The summed E-state index contributed by atoms with van der Waals surface area (Å²) in [5.74, 6) is -2.65. The number of hydrazine groups is 1. The highest BCUT2D eigenvalue weighted by atomic mass is 32.1. The molecule has 1 aliphatic rings. The lowest BCUT2D eigenvalue weighted by atomic mass is 10.1. The van der Waals surface area contributed by atoms with Gasteiger partial charge in [0.1, 0.15) is 17.6 Å². The molecule has 1 heterocycles. The molecule has 3 aromatic rings. The van der Waals surface area contributed by atoms with Gasteiger partial charge in [0.05, 0.1) is 36.4 Å². The van der Waals surface area contributed by atoms with Gasteiger partial charge < -0.3 is 14.8 Å². The Hall–Kier alpha value is -4.84. The number of amides is 3. The average Bonchev–Trinajstić information content (AvgIpc) is 3.18. The molecule has 0 aliphatic carbocycles. The molecule has 4 rings (SSSR count). The zero-order valence-electron chi connectivity index (χ0n) is 22.3. The summed E-state index contributed by atoms with van der Waals surface area (Å²) in [5, 5.41) is 3.65. The van der Waals surface area contributed by atoms with Crippen LogP contribution in [-0.2, 0) is 14.3 Å². The number of thiocarbonyl (C=S) groups is 1. The van der Waals surface area contributed by atoms with Gasteiger partial charge in [0.25, 0.3) is 11.8 Å². The third kappa shape index (κ3) is 6.67. The summed E-state index contributed by atoms with van der Waals surface area (Å²) in [6.45, 7) is 4.23. The molecule has 1 unspecified atom stereocenters. The lowest BCUT2D eigenvalue weighted by Crippen LogP contribution is -2.50. The zero-order valence-corrected chi connectivity index (χ0v) is 23.1. The number of carbonyl (C=O) groups excluding carboxylic acids is 4. The minimum atomic E-state index is -1.24. The Balaban J connectivity index is 1.58. The maximum atomic E-state index is 14.3. The van der Waals surface area contributed by atoms with Gasteiger partial charge in [-0.25, -0.2) is 14.2 Å². The number of nitrogens with one attached hydrogen (secondary N) is 2. The number of benzene rings is 3. The van der Waals surface area contributed by atoms with Gasteiger partial charge in [-0.2, -0.15) is 0 Å². The molecule has 41 heavy (non-hydrogen) atoms. The van der Waals surface area contributed by atoms with E-state index in [-0.39, 0.29) is 29.3 Å². The predicted octanol–water partition coefficient (Wildman–Crippen LogP) is 4.08. The number of esters is 1. The van der Waals surface area contributed by atoms with Crippen molar-refractivity contribution in [2.75, 3.05) is 23.4 Å². The number of hydrogen-bond donors (Lipinski definition) is 2. The Morgan fingerprint density at radius 1 is 0.951 bits per heavy atom. The van der Waals surface area contributed by atoms with Gasteiger partial charge in [-0.1, -0.05) is 12.1 Å². The van der Waals surface area contributed by atoms with E-state index in [1.165, 1.54) is 42.5 Å². The fourth-order valence-electron chi connectivity index (χ4n) is 4.10. The molecule has 1 aliphatic heterocycles. The van der Waals surface area contributed by atoms with Crippen molar-refractivity contribution in [3.8, 4) is 5.75 Å². The highest BCUT2D eigenvalue weighted by Gasteiger charge is 2.45. The normalized spacial score (nSPS) is 14.6. The van der Waals surface area contributed by atoms with Gasteiger partial charge in [-0.15, -0.1) is 0 Å². The number of hydrogen-bond acceptors (Lipinski definition) is 7. The number of halogens is 1. The summed E-state index contributed by atoms with van der Waals surface area (Å²) in [6.07, 6.45) is -0.388. The predicted molar refractivity (Wildman–Crippen MR) is 153 cm³/mol. The van der Waals surface area contributed by atoms with Gasteiger partial charge in [0.15, 0.2) is 0 Å². The second-order valence-corrected chi connectivity index (χ2v) is 9.10. The maximum absolute atomic E-state index is 14.3. The molecular weight excluding hydrogens is 551 g/mol. The van der Waals surface area contributed by atoms with E-state index >= 15 is 0 Å². The number of carbonyl (C=O) groups is 4. The first-order valence-corrected chi connectivity index (χ1v) is 13.2. The van der Waals surface area contributed by atoms with Crippen molar-refractivity contribution in [1.29, 1.82) is 0 Å². The Morgan fingerprint density at radius 2 is 1.63 bits per heavy atom. The Kier molecular flexibility index (Phi) is 9.25. The molecular formula is C29H27FN4O6S. The Morgan fingerprint density at radius 3 is 2.27 bits per heavy atom. The molecule has 0 bridgehead atoms. The second kappa shape index (κ2) is 13.0. The van der Waals surface area contributed by atoms with Crippen LogP contribution in [0.15, 0.2) is 72.8 Å². The van der Waals surface area contributed by atoms with E-state index in [0.717, 1.165) is 16.0 Å². The van der Waals surface area contributed by atoms with Crippen molar-refractivity contribution in [1.82, 2.24) is 10.4 Å². The summed E-state index contributed by atoms with van der Waals surface area (Å²) in [4.78, 5) is 52.8. The number of nitrogens with zero attached hydrogens (tertiary/aromatic N) is 2. The van der Waals surface area contributed by atoms with Crippen molar-refractivity contribution >= 4 is 52.4 Å². The van der Waals surface area contributed by atoms with Crippen LogP contribution >= 0.6 is 12.2 Å². The van der Waals surface area contributed by atoms with Crippen molar-refractivity contribution in [2.24, 2.45) is 0 Å². The van der Waals surface area contributed by atoms with Crippen LogP contribution in [0, 0.1) is 5.82 Å². The lowest BCUT2D eigenvalue weighted by molar-refractivity contribution is -0.124. The van der Waals surface area contributed by atoms with Gasteiger partial charge in [0.2, 0.25) is 11.0 Å². The van der Waals surface area contributed by atoms with Gasteiger partial charge in [0, 0.05) is 5.69 Å². The SMILES string of the molecule is CCOC(=O)c1ccc(N2C(=O)C(CC(=O)Nc3ccc(OCC)cc3)N(NC(=O)c3ccccc3F)C2=S)cc1. The fourth-order valence-corrected chi connectivity index (χ4v) is 4.47. The van der Waals surface area contributed by atoms with E-state index in [2.05, 4.69) is 10.7 Å². The van der Waals surface area contributed by atoms with Crippen LogP contribution in [0.25, 0.3) is 0 Å². The van der Waals surface area contributed by atoms with E-state index in [1.807, 2.05) is 6.92 Å². The van der Waals surface area contributed by atoms with E-state index in [4.69, 9.17) is 21.7 Å². The molecule has 0 radical (unpaired) electrons. The average molecular weight is 579 g/mol. The van der Waals surface area contributed by atoms with Gasteiger partial charge in [-0.3, -0.25) is 24.7 Å². The minimum Gasteiger partial charge on any atom is -0.494 e. The number of ether oxygens (including phenoxy) is 2. The van der Waals surface area contributed by atoms with E-state index in [0.29, 0.717) is 23.7 Å². The first-order valence-electron chi connectivity index (χ1n) is 12.8. The van der Waals surface area contributed by atoms with Crippen LogP contribution in [0.2, 0.25) is 0 Å². The first-order chi connectivity index (χ1) is 19.7. The van der Waals surface area contributed by atoms with Crippen molar-refractivity contribution in [2.45, 2.75) is 26.3 Å². The van der Waals surface area contributed by atoms with Crippen molar-refractivity contribution < 1.29 is 33.0 Å². The zero-order chi connectivity index (χ0) is 29.5. The minimum absolute atomic E-state index is 0.137. The largest absolute Gasteiger partial charge is 0.494 e. The summed E-state index contributed by atoms with van der Waals surface area (Å²) < 4.78 is 24.7. The van der Waals surface area contributed by atoms with E-state index < -0.39 is 35.5 Å². The van der Waals surface area contributed by atoms with Crippen molar-refractivity contribution in [3.05, 3.63) is 89.7 Å².